The zero-order valence-electron chi connectivity index (χ0n) is 36.1. The topological polar surface area (TPSA) is 209 Å². The molecule has 16 heteroatoms. The number of alkyl carbamates (subject to hydrolysis) is 1. The van der Waals surface area contributed by atoms with Crippen LogP contribution in [0.4, 0.5) is 4.79 Å². The van der Waals surface area contributed by atoms with Crippen molar-refractivity contribution in [1.29, 1.82) is 0 Å². The van der Waals surface area contributed by atoms with E-state index in [-0.39, 0.29) is 60.8 Å². The quantitative estimate of drug-likeness (QED) is 0.0483. The van der Waals surface area contributed by atoms with Gasteiger partial charge in [0.25, 0.3) is 5.91 Å². The zero-order chi connectivity index (χ0) is 45.3. The molecule has 3 saturated heterocycles. The average molecular weight is 884 g/mol. The van der Waals surface area contributed by atoms with Crippen molar-refractivity contribution in [2.75, 3.05) is 39.3 Å². The molecular weight excluding hydrogens is 831 g/mol. The van der Waals surface area contributed by atoms with Gasteiger partial charge in [-0.3, -0.25) is 19.2 Å². The van der Waals surface area contributed by atoms with Gasteiger partial charge in [0, 0.05) is 44.7 Å². The molecule has 5 heterocycles. The lowest BCUT2D eigenvalue weighted by Gasteiger charge is -2.43. The molecule has 3 aliphatic heterocycles. The number of phenols is 1. The fourth-order valence-electron chi connectivity index (χ4n) is 8.42. The highest BCUT2D eigenvalue weighted by Crippen LogP contribution is 2.31. The van der Waals surface area contributed by atoms with E-state index in [1.54, 1.807) is 54.2 Å². The number of aromatic nitrogens is 3. The molecule has 0 saturated carbocycles. The third-order valence-corrected chi connectivity index (χ3v) is 12.0. The van der Waals surface area contributed by atoms with E-state index >= 15 is 0 Å². The number of hydrogen-bond donors (Lipinski definition) is 6. The molecule has 0 spiro atoms. The van der Waals surface area contributed by atoms with Gasteiger partial charge in [-0.15, -0.1) is 0 Å². The molecule has 3 fully saturated rings. The number of aryl methyl sites for hydroxylation is 1. The standard InChI is InChI=1S/C49H53N7O9/c1-55-36(27-50-28-42(58)38-15-17-41(57)46-39(38)16-18-44(59)52-46)26-40(54-55)47(60)51-21-6-24-63-48(61)34-13-11-31(12-14-34)30-64-37-10-5-9-35(25-37)45(33-7-3-2-4-8-33)53-49(62)65-43-29-56-22-19-32(43)20-23-56/h2-5,7-18,25-26,32,42-43,45,50,57-58H,6,19-24,27-30H2,1H3,(H,51,60)(H,52,59)(H,53,62)/t42-,43+,45?/m1/s1. The number of nitrogens with zero attached hydrogens (tertiary/aromatic N) is 3. The molecule has 3 aliphatic rings. The lowest BCUT2D eigenvalue weighted by atomic mass is 9.86. The van der Waals surface area contributed by atoms with Crippen LogP contribution in [0.25, 0.3) is 10.9 Å². The normalized spacial score (nSPS) is 17.5. The summed E-state index contributed by atoms with van der Waals surface area (Å²) in [5.41, 5.74) is 4.38. The zero-order valence-corrected chi connectivity index (χ0v) is 36.1. The second kappa shape index (κ2) is 20.7. The molecule has 2 bridgehead atoms. The number of phenolic OH excluding ortho intramolecular Hbond substituents is 1. The monoisotopic (exact) mass is 883 g/mol. The summed E-state index contributed by atoms with van der Waals surface area (Å²) in [4.78, 5) is 55.5. The third kappa shape index (κ3) is 11.2. The first-order valence-electron chi connectivity index (χ1n) is 21.9. The van der Waals surface area contributed by atoms with E-state index in [4.69, 9.17) is 14.2 Å². The van der Waals surface area contributed by atoms with Crippen molar-refractivity contribution in [2.24, 2.45) is 13.0 Å². The van der Waals surface area contributed by atoms with Crippen LogP contribution < -0.4 is 26.2 Å². The van der Waals surface area contributed by atoms with E-state index in [9.17, 15) is 29.4 Å². The molecule has 0 aliphatic carbocycles. The number of amides is 2. The van der Waals surface area contributed by atoms with Crippen molar-refractivity contribution in [2.45, 2.75) is 50.7 Å². The number of nitrogens with one attached hydrogen (secondary N) is 4. The molecule has 0 radical (unpaired) electrons. The van der Waals surface area contributed by atoms with Gasteiger partial charge in [0.05, 0.1) is 35.5 Å². The fourth-order valence-corrected chi connectivity index (χ4v) is 8.42. The summed E-state index contributed by atoms with van der Waals surface area (Å²) in [6.07, 6.45) is 1.03. The van der Waals surface area contributed by atoms with Crippen LogP contribution in [0.2, 0.25) is 0 Å². The summed E-state index contributed by atoms with van der Waals surface area (Å²) in [6.45, 7) is 4.01. The molecule has 1 unspecified atom stereocenters. The van der Waals surface area contributed by atoms with E-state index in [1.807, 2.05) is 54.6 Å². The Labute approximate surface area is 375 Å². The Morgan fingerprint density at radius 2 is 1.71 bits per heavy atom. The molecular formula is C49H53N7O9. The second-order valence-corrected chi connectivity index (χ2v) is 16.4. The minimum Gasteiger partial charge on any atom is -0.506 e. The van der Waals surface area contributed by atoms with Gasteiger partial charge < -0.3 is 45.4 Å². The van der Waals surface area contributed by atoms with Crippen LogP contribution in [0.1, 0.15) is 80.2 Å². The molecule has 9 rings (SSSR count). The number of aliphatic hydroxyl groups is 1. The predicted molar refractivity (Wildman–Crippen MR) is 241 cm³/mol. The maximum absolute atomic E-state index is 13.2. The Morgan fingerprint density at radius 1 is 0.923 bits per heavy atom. The Hall–Kier alpha value is -7.01. The summed E-state index contributed by atoms with van der Waals surface area (Å²) in [7, 11) is 1.72. The van der Waals surface area contributed by atoms with Crippen LogP contribution in [-0.4, -0.2) is 93.3 Å². The second-order valence-electron chi connectivity index (χ2n) is 16.4. The Kier molecular flexibility index (Phi) is 14.2. The number of aromatic amines is 1. The van der Waals surface area contributed by atoms with Crippen molar-refractivity contribution < 1.29 is 38.8 Å². The number of H-pyrrole nitrogens is 1. The molecule has 65 heavy (non-hydrogen) atoms. The van der Waals surface area contributed by atoms with Crippen molar-refractivity contribution >= 4 is 28.9 Å². The molecule has 338 valence electrons. The van der Waals surface area contributed by atoms with Crippen LogP contribution in [0.5, 0.6) is 11.5 Å². The number of benzene rings is 4. The van der Waals surface area contributed by atoms with Gasteiger partial charge in [0.15, 0.2) is 0 Å². The van der Waals surface area contributed by atoms with Crippen LogP contribution in [-0.2, 0) is 29.7 Å². The molecule has 2 aromatic heterocycles. The number of piperidine rings is 3. The molecule has 2 amide bonds. The number of aromatic hydroxyl groups is 1. The number of carbonyl (C=O) groups excluding carboxylic acids is 3. The van der Waals surface area contributed by atoms with E-state index in [0.717, 1.165) is 49.2 Å². The molecule has 6 N–H and O–H groups in total. The summed E-state index contributed by atoms with van der Waals surface area (Å²) >= 11 is 0. The number of ether oxygens (including phenoxy) is 3. The van der Waals surface area contributed by atoms with Crippen LogP contribution in [0.3, 0.4) is 0 Å². The SMILES string of the molecule is Cn1nc(C(=O)NCCCOC(=O)c2ccc(COc3cccc(C(NC(=O)O[C@H]4CN5CCC4CC5)c4ccccc4)c3)cc2)cc1CNC[C@@H](O)c1ccc(O)c2[nH]c(=O)ccc12. The van der Waals surface area contributed by atoms with Gasteiger partial charge in [-0.25, -0.2) is 9.59 Å². The third-order valence-electron chi connectivity index (χ3n) is 12.0. The summed E-state index contributed by atoms with van der Waals surface area (Å²) in [5.74, 6) is 0.0885. The van der Waals surface area contributed by atoms with Crippen molar-refractivity contribution in [3.8, 4) is 11.5 Å². The van der Waals surface area contributed by atoms with E-state index in [1.165, 1.54) is 12.1 Å². The van der Waals surface area contributed by atoms with Crippen molar-refractivity contribution in [1.82, 2.24) is 35.6 Å². The van der Waals surface area contributed by atoms with Gasteiger partial charge >= 0.3 is 12.1 Å². The van der Waals surface area contributed by atoms with E-state index in [2.05, 4.69) is 30.9 Å². The maximum atomic E-state index is 13.2. The Morgan fingerprint density at radius 3 is 2.48 bits per heavy atom. The van der Waals surface area contributed by atoms with Gasteiger partial charge in [-0.05, 0) is 103 Å². The number of carbonyl (C=O) groups is 3. The van der Waals surface area contributed by atoms with Crippen LogP contribution >= 0.6 is 0 Å². The first-order valence-corrected chi connectivity index (χ1v) is 21.9. The van der Waals surface area contributed by atoms with E-state index in [0.29, 0.717) is 46.8 Å². The summed E-state index contributed by atoms with van der Waals surface area (Å²) < 4.78 is 19.2. The summed E-state index contributed by atoms with van der Waals surface area (Å²) in [5, 5.41) is 34.9. The van der Waals surface area contributed by atoms with Crippen molar-refractivity contribution in [3.63, 3.8) is 0 Å². The Bertz CT molecular complexity index is 2660. The smallest absolute Gasteiger partial charge is 0.408 e. The molecule has 6 aromatic rings. The van der Waals surface area contributed by atoms with Gasteiger partial charge in [0.1, 0.15) is 29.9 Å². The number of rotatable bonds is 18. The minimum atomic E-state index is -0.938. The largest absolute Gasteiger partial charge is 0.506 e. The number of aliphatic hydroxyl groups excluding tert-OH is 1. The van der Waals surface area contributed by atoms with Gasteiger partial charge in [-0.1, -0.05) is 60.7 Å². The number of fused-ring (bicyclic) bond motifs is 4. The first kappa shape index (κ1) is 44.6. The minimum absolute atomic E-state index is 0.0864. The fraction of sp³-hybridized carbons (Fsp3) is 0.327. The first-order chi connectivity index (χ1) is 31.6. The van der Waals surface area contributed by atoms with Crippen LogP contribution in [0.15, 0.2) is 114 Å². The van der Waals surface area contributed by atoms with Crippen molar-refractivity contribution in [3.05, 3.63) is 159 Å². The highest BCUT2D eigenvalue weighted by Gasteiger charge is 2.37. The molecule has 16 nitrogen and oxygen atoms in total. The highest BCUT2D eigenvalue weighted by molar-refractivity contribution is 5.92. The van der Waals surface area contributed by atoms with Crippen LogP contribution in [0, 0.1) is 5.92 Å². The lowest BCUT2D eigenvalue weighted by Crippen LogP contribution is -2.52. The predicted octanol–water partition coefficient (Wildman–Crippen LogP) is 5.26. The van der Waals surface area contributed by atoms with E-state index < -0.39 is 24.2 Å². The lowest BCUT2D eigenvalue weighted by molar-refractivity contribution is -0.0336. The summed E-state index contributed by atoms with van der Waals surface area (Å²) in [6, 6.07) is 31.5. The number of hydrogen-bond acceptors (Lipinski definition) is 12. The molecule has 3 atom stereocenters. The average Bonchev–Trinajstić information content (AvgIpc) is 3.70. The Balaban J connectivity index is 0.755. The van der Waals surface area contributed by atoms with Gasteiger partial charge in [0.2, 0.25) is 5.56 Å². The maximum Gasteiger partial charge on any atom is 0.408 e. The van der Waals surface area contributed by atoms with Gasteiger partial charge in [-0.2, -0.15) is 5.10 Å². The highest BCUT2D eigenvalue weighted by atomic mass is 16.6. The number of pyridine rings is 1. The molecule has 4 aromatic carbocycles. The number of esters is 1.